The van der Waals surface area contributed by atoms with E-state index >= 15 is 0 Å². The summed E-state index contributed by atoms with van der Waals surface area (Å²) >= 11 is 0. The molecule has 2 atom stereocenters. The first-order valence-electron chi connectivity index (χ1n) is 4.72. The van der Waals surface area contributed by atoms with Crippen molar-refractivity contribution in [3.8, 4) is 0 Å². The molecular weight excluding hydrogens is 151 g/mol. The van der Waals surface area contributed by atoms with Crippen LogP contribution in [0, 0.1) is 5.92 Å². The quantitative estimate of drug-likeness (QED) is 0.502. The molecule has 2 aliphatic rings. The zero-order valence-corrected chi connectivity index (χ0v) is 7.68. The van der Waals surface area contributed by atoms with Gasteiger partial charge in [-0.3, -0.25) is 0 Å². The van der Waals surface area contributed by atoms with Gasteiger partial charge >= 0.3 is 18.7 Å². The summed E-state index contributed by atoms with van der Waals surface area (Å²) in [5.41, 5.74) is 0. The van der Waals surface area contributed by atoms with Crippen LogP contribution in [0.5, 0.6) is 0 Å². The van der Waals surface area contributed by atoms with Crippen LogP contribution < -0.4 is 10.6 Å². The third-order valence-corrected chi connectivity index (χ3v) is 2.53. The van der Waals surface area contributed by atoms with Crippen molar-refractivity contribution < 1.29 is 4.70 Å². The van der Waals surface area contributed by atoms with Gasteiger partial charge in [-0.25, -0.2) is 0 Å². The first-order chi connectivity index (χ1) is 5.88. The van der Waals surface area contributed by atoms with E-state index in [9.17, 15) is 0 Å². The minimum absolute atomic E-state index is 0.750. The molecule has 2 heterocycles. The molecule has 0 amide bonds. The van der Waals surface area contributed by atoms with E-state index in [0.717, 1.165) is 19.1 Å². The Morgan fingerprint density at radius 1 is 1.33 bits per heavy atom. The summed E-state index contributed by atoms with van der Waals surface area (Å²) in [6, 6.07) is 0.853. The molecule has 3 nitrogen and oxygen atoms in total. The maximum atomic E-state index is 8.81. The third kappa shape index (κ3) is 2.68. The summed E-state index contributed by atoms with van der Waals surface area (Å²) in [6.07, 6.45) is 2.72. The van der Waals surface area contributed by atoms with Crippen LogP contribution in [0.4, 0.5) is 0 Å². The molecule has 4 heteroatoms. The van der Waals surface area contributed by atoms with E-state index in [-0.39, 0.29) is 0 Å². The first-order valence-corrected chi connectivity index (χ1v) is 4.72. The zero-order chi connectivity index (χ0) is 8.81. The van der Waals surface area contributed by atoms with E-state index in [0.29, 0.717) is 0 Å². The Kier molecular flexibility index (Phi) is 4.47. The second-order valence-corrected chi connectivity index (χ2v) is 3.34. The van der Waals surface area contributed by atoms with E-state index in [1.165, 1.54) is 39.3 Å². The molecule has 0 aromatic carbocycles. The van der Waals surface area contributed by atoms with E-state index in [1.807, 2.05) is 0 Å². The average molecular weight is 168 g/mol. The second-order valence-electron chi connectivity index (χ2n) is 3.34. The summed E-state index contributed by atoms with van der Waals surface area (Å²) in [5.74, 6) is 0.943. The van der Waals surface area contributed by atoms with E-state index in [2.05, 4.69) is 10.6 Å². The Morgan fingerprint density at radius 2 is 2.08 bits per heavy atom. The van der Waals surface area contributed by atoms with Gasteiger partial charge in [0.05, 0.1) is 0 Å². The van der Waals surface area contributed by atoms with Crippen molar-refractivity contribution in [1.29, 1.82) is 0 Å². The average Bonchev–Trinajstić information content (AvgIpc) is 2.52. The Balaban J connectivity index is 0.000000213. The monoisotopic (exact) mass is 168 g/mol. The predicted octanol–water partition coefficient (Wildman–Crippen LogP) is 0.0420. The van der Waals surface area contributed by atoms with Gasteiger partial charge in [0.15, 0.2) is 0 Å². The Labute approximate surface area is 74.6 Å². The topological polar surface area (TPSA) is 41.1 Å². The van der Waals surface area contributed by atoms with Gasteiger partial charge in [-0.05, 0) is 38.4 Å². The second kappa shape index (κ2) is 5.43. The summed E-state index contributed by atoms with van der Waals surface area (Å²) in [6.45, 7) is 5.16. The number of hydrogen-bond donors (Lipinski definition) is 2. The van der Waals surface area contributed by atoms with Crippen molar-refractivity contribution in [3.63, 3.8) is 0 Å². The molecule has 2 rings (SSSR count). The third-order valence-electron chi connectivity index (χ3n) is 2.53. The maximum absolute atomic E-state index is 8.81. The van der Waals surface area contributed by atoms with Crippen molar-refractivity contribution in [2.45, 2.75) is 25.7 Å². The summed E-state index contributed by atoms with van der Waals surface area (Å²) in [7, 11) is 0.750. The van der Waals surface area contributed by atoms with Crippen LogP contribution in [0.15, 0.2) is 0 Å². The van der Waals surface area contributed by atoms with Gasteiger partial charge in [0.1, 0.15) is 0 Å². The normalized spacial score (nSPS) is 32.8. The van der Waals surface area contributed by atoms with Gasteiger partial charge < -0.3 is 10.6 Å². The Hall–Kier alpha value is -0.215. The standard InChI is InChI=1S/C7H14N2.CH3BO/c1-4-9-7-2-3-8-5-6(1)7;1-2-3/h6-9H,1-5H2;1H3/t6-,7+;/m1./s1. The molecule has 12 heavy (non-hydrogen) atoms. The first kappa shape index (κ1) is 9.87. The van der Waals surface area contributed by atoms with Gasteiger partial charge in [0, 0.05) is 6.04 Å². The van der Waals surface area contributed by atoms with E-state index in [4.69, 9.17) is 4.70 Å². The van der Waals surface area contributed by atoms with Gasteiger partial charge in [-0.15, -0.1) is 0 Å². The summed E-state index contributed by atoms with van der Waals surface area (Å²) in [4.78, 5) is 0. The molecule has 0 bridgehead atoms. The Bertz CT molecular complexity index is 131. The van der Waals surface area contributed by atoms with Crippen LogP contribution in [0.3, 0.4) is 0 Å². The molecule has 0 saturated carbocycles. The number of rotatable bonds is 0. The number of fused-ring (bicyclic) bond motifs is 1. The molecular formula is C8H17BN2O. The van der Waals surface area contributed by atoms with Crippen LogP contribution in [-0.2, 0) is 4.70 Å². The van der Waals surface area contributed by atoms with Gasteiger partial charge in [-0.2, -0.15) is 0 Å². The fraction of sp³-hybridized carbons (Fsp3) is 1.00. The summed E-state index contributed by atoms with van der Waals surface area (Å²) in [5, 5.41) is 6.93. The van der Waals surface area contributed by atoms with Gasteiger partial charge in [-0.1, -0.05) is 0 Å². The van der Waals surface area contributed by atoms with Crippen molar-refractivity contribution >= 4 is 7.15 Å². The number of piperidine rings is 1. The molecule has 0 aromatic heterocycles. The minimum atomic E-state index is 0.750. The SMILES string of the molecule is C1C[C@@H]2NCC[C@@H]2CN1.CB=O. The molecule has 0 unspecified atom stereocenters. The van der Waals surface area contributed by atoms with Crippen molar-refractivity contribution in [2.24, 2.45) is 5.92 Å². The van der Waals surface area contributed by atoms with Crippen LogP contribution in [0.2, 0.25) is 6.82 Å². The molecule has 0 radical (unpaired) electrons. The van der Waals surface area contributed by atoms with Gasteiger partial charge in [0.2, 0.25) is 0 Å². The molecule has 0 aromatic rings. The molecule has 68 valence electrons. The number of nitrogens with one attached hydrogen (secondary N) is 2. The molecule has 2 saturated heterocycles. The van der Waals surface area contributed by atoms with E-state index < -0.39 is 0 Å². The van der Waals surface area contributed by atoms with Crippen molar-refractivity contribution in [3.05, 3.63) is 0 Å². The van der Waals surface area contributed by atoms with Crippen molar-refractivity contribution in [1.82, 2.24) is 10.6 Å². The van der Waals surface area contributed by atoms with Crippen LogP contribution in [0.1, 0.15) is 12.8 Å². The Morgan fingerprint density at radius 3 is 2.75 bits per heavy atom. The fourth-order valence-corrected chi connectivity index (χ4v) is 1.95. The molecule has 2 aliphatic heterocycles. The van der Waals surface area contributed by atoms with Gasteiger partial charge in [0.25, 0.3) is 0 Å². The molecule has 0 spiro atoms. The van der Waals surface area contributed by atoms with E-state index in [1.54, 1.807) is 0 Å². The number of hydrogen-bond acceptors (Lipinski definition) is 3. The molecule has 2 N–H and O–H groups in total. The van der Waals surface area contributed by atoms with Crippen LogP contribution in [0.25, 0.3) is 0 Å². The molecule has 2 fully saturated rings. The molecule has 0 aliphatic carbocycles. The summed E-state index contributed by atoms with van der Waals surface area (Å²) < 4.78 is 8.81. The fourth-order valence-electron chi connectivity index (χ4n) is 1.95. The van der Waals surface area contributed by atoms with Crippen molar-refractivity contribution in [2.75, 3.05) is 19.6 Å². The van der Waals surface area contributed by atoms with Crippen LogP contribution >= 0.6 is 0 Å². The zero-order valence-electron chi connectivity index (χ0n) is 7.68. The predicted molar refractivity (Wildman–Crippen MR) is 49.7 cm³/mol. The van der Waals surface area contributed by atoms with Crippen LogP contribution in [-0.4, -0.2) is 32.8 Å².